The molecule has 2 rings (SSSR count). The van der Waals surface area contributed by atoms with Crippen LogP contribution in [-0.4, -0.2) is 50.1 Å². The Bertz CT molecular complexity index is 290. The minimum absolute atomic E-state index is 0.303. The topological polar surface area (TPSA) is 39.7 Å². The summed E-state index contributed by atoms with van der Waals surface area (Å²) >= 11 is 0. The molecule has 104 valence electrons. The van der Waals surface area contributed by atoms with Gasteiger partial charge in [-0.25, -0.2) is 0 Å². The number of hydrogen-bond acceptors (Lipinski definition) is 4. The summed E-state index contributed by atoms with van der Waals surface area (Å²) in [4.78, 5) is 7.12. The first-order valence-electron chi connectivity index (χ1n) is 7.33. The highest BCUT2D eigenvalue weighted by Gasteiger charge is 2.23. The molecule has 4 heteroatoms. The van der Waals surface area contributed by atoms with Crippen LogP contribution < -0.4 is 10.6 Å². The predicted octanol–water partition coefficient (Wildman–Crippen LogP) is 1.29. The van der Waals surface area contributed by atoms with Crippen molar-refractivity contribution in [2.24, 2.45) is 16.3 Å². The van der Waals surface area contributed by atoms with Gasteiger partial charge >= 0.3 is 0 Å². The summed E-state index contributed by atoms with van der Waals surface area (Å²) in [7, 11) is 0. The molecule has 2 heterocycles. The first-order valence-corrected chi connectivity index (χ1v) is 7.33. The molecule has 0 spiro atoms. The summed E-state index contributed by atoms with van der Waals surface area (Å²) < 4.78 is 0. The molecule has 0 bridgehead atoms. The predicted molar refractivity (Wildman–Crippen MR) is 76.9 cm³/mol. The Balaban J connectivity index is 1.68. The van der Waals surface area contributed by atoms with Crippen LogP contribution in [-0.2, 0) is 0 Å². The fourth-order valence-electron chi connectivity index (χ4n) is 2.59. The van der Waals surface area contributed by atoms with Gasteiger partial charge in [-0.1, -0.05) is 20.8 Å². The van der Waals surface area contributed by atoms with Gasteiger partial charge in [0, 0.05) is 25.0 Å². The third kappa shape index (κ3) is 3.87. The lowest BCUT2D eigenvalue weighted by Gasteiger charge is -2.33. The van der Waals surface area contributed by atoms with Gasteiger partial charge in [0.1, 0.15) is 0 Å². The van der Waals surface area contributed by atoms with E-state index in [4.69, 9.17) is 0 Å². The number of piperidine rings is 1. The van der Waals surface area contributed by atoms with E-state index in [1.54, 1.807) is 0 Å². The summed E-state index contributed by atoms with van der Waals surface area (Å²) in [6.07, 6.45) is 2.64. The zero-order valence-electron chi connectivity index (χ0n) is 12.1. The molecule has 2 N–H and O–H groups in total. The molecule has 4 nitrogen and oxygen atoms in total. The van der Waals surface area contributed by atoms with E-state index >= 15 is 0 Å². The minimum Gasteiger partial charge on any atom is -0.356 e. The summed E-state index contributed by atoms with van der Waals surface area (Å²) in [5.74, 6) is 1.82. The molecular formula is C14H28N4. The maximum Gasteiger partial charge on any atom is 0.191 e. The third-order valence-electron chi connectivity index (χ3n) is 4.11. The number of likely N-dealkylation sites (tertiary alicyclic amines) is 1. The summed E-state index contributed by atoms with van der Waals surface area (Å²) in [5.41, 5.74) is 0.303. The van der Waals surface area contributed by atoms with E-state index in [1.165, 1.54) is 32.5 Å². The van der Waals surface area contributed by atoms with Gasteiger partial charge in [-0.15, -0.1) is 0 Å². The van der Waals surface area contributed by atoms with Crippen molar-refractivity contribution in [2.45, 2.75) is 33.6 Å². The lowest BCUT2D eigenvalue weighted by Crippen LogP contribution is -2.49. The Morgan fingerprint density at radius 1 is 1.39 bits per heavy atom. The molecule has 2 aliphatic heterocycles. The largest absolute Gasteiger partial charge is 0.356 e. The van der Waals surface area contributed by atoms with Gasteiger partial charge in [0.2, 0.25) is 0 Å². The number of hydrogen-bond donors (Lipinski definition) is 2. The van der Waals surface area contributed by atoms with Gasteiger partial charge < -0.3 is 15.5 Å². The highest BCUT2D eigenvalue weighted by atomic mass is 15.2. The molecule has 18 heavy (non-hydrogen) atoms. The normalized spacial score (nSPS) is 25.4. The molecule has 0 aromatic rings. The van der Waals surface area contributed by atoms with Crippen molar-refractivity contribution in [3.05, 3.63) is 0 Å². The van der Waals surface area contributed by atoms with Crippen LogP contribution in [0.4, 0.5) is 0 Å². The van der Waals surface area contributed by atoms with Crippen molar-refractivity contribution in [1.82, 2.24) is 15.5 Å². The van der Waals surface area contributed by atoms with Crippen LogP contribution in [0.3, 0.4) is 0 Å². The molecule has 2 aliphatic rings. The molecule has 0 aliphatic carbocycles. The summed E-state index contributed by atoms with van der Waals surface area (Å²) in [6.45, 7) is 13.5. The first-order chi connectivity index (χ1) is 8.59. The number of rotatable bonds is 3. The molecule has 1 fully saturated rings. The molecule has 0 radical (unpaired) electrons. The van der Waals surface area contributed by atoms with Crippen LogP contribution >= 0.6 is 0 Å². The van der Waals surface area contributed by atoms with E-state index in [-0.39, 0.29) is 0 Å². The lowest BCUT2D eigenvalue weighted by molar-refractivity contribution is 0.193. The van der Waals surface area contributed by atoms with Gasteiger partial charge in [-0.2, -0.15) is 0 Å². The van der Waals surface area contributed by atoms with Gasteiger partial charge in [0.05, 0.1) is 0 Å². The summed E-state index contributed by atoms with van der Waals surface area (Å²) in [5, 5.41) is 6.88. The van der Waals surface area contributed by atoms with Crippen LogP contribution in [0, 0.1) is 11.3 Å². The van der Waals surface area contributed by atoms with Gasteiger partial charge in [0.15, 0.2) is 5.96 Å². The Kier molecular flexibility index (Phi) is 4.49. The molecule has 0 unspecified atom stereocenters. The molecular weight excluding hydrogens is 224 g/mol. The van der Waals surface area contributed by atoms with E-state index in [0.717, 1.165) is 31.5 Å². The average molecular weight is 252 g/mol. The smallest absolute Gasteiger partial charge is 0.191 e. The second kappa shape index (κ2) is 5.91. The maximum atomic E-state index is 4.58. The SMILES string of the molecule is CCN1CCC(CNC2=NCC(C)(C)CN2)CC1. The molecule has 0 aromatic heterocycles. The Morgan fingerprint density at radius 3 is 2.67 bits per heavy atom. The van der Waals surface area contributed by atoms with E-state index in [0.29, 0.717) is 5.41 Å². The van der Waals surface area contributed by atoms with Gasteiger partial charge in [-0.05, 0) is 38.4 Å². The zero-order chi connectivity index (χ0) is 13.0. The number of guanidine groups is 1. The van der Waals surface area contributed by atoms with Crippen molar-refractivity contribution < 1.29 is 0 Å². The zero-order valence-corrected chi connectivity index (χ0v) is 12.1. The van der Waals surface area contributed by atoms with Crippen LogP contribution in [0.5, 0.6) is 0 Å². The maximum absolute atomic E-state index is 4.58. The third-order valence-corrected chi connectivity index (χ3v) is 4.11. The van der Waals surface area contributed by atoms with E-state index in [1.807, 2.05) is 0 Å². The number of nitrogens with zero attached hydrogens (tertiary/aromatic N) is 2. The van der Waals surface area contributed by atoms with E-state index < -0.39 is 0 Å². The van der Waals surface area contributed by atoms with Gasteiger partial charge in [0.25, 0.3) is 0 Å². The van der Waals surface area contributed by atoms with Crippen molar-refractivity contribution >= 4 is 5.96 Å². The van der Waals surface area contributed by atoms with Crippen LogP contribution in [0.1, 0.15) is 33.6 Å². The van der Waals surface area contributed by atoms with Crippen LogP contribution in [0.25, 0.3) is 0 Å². The monoisotopic (exact) mass is 252 g/mol. The fraction of sp³-hybridized carbons (Fsp3) is 0.929. The van der Waals surface area contributed by atoms with Crippen LogP contribution in [0.2, 0.25) is 0 Å². The van der Waals surface area contributed by atoms with E-state index in [2.05, 4.69) is 41.3 Å². The number of nitrogens with one attached hydrogen (secondary N) is 2. The molecule has 0 atom stereocenters. The van der Waals surface area contributed by atoms with Crippen molar-refractivity contribution in [1.29, 1.82) is 0 Å². The van der Waals surface area contributed by atoms with E-state index in [9.17, 15) is 0 Å². The second-order valence-electron chi connectivity index (χ2n) is 6.44. The number of aliphatic imine (C=N–C) groups is 1. The fourth-order valence-corrected chi connectivity index (χ4v) is 2.59. The second-order valence-corrected chi connectivity index (χ2v) is 6.44. The average Bonchev–Trinajstić information content (AvgIpc) is 2.38. The Hall–Kier alpha value is -0.770. The summed E-state index contributed by atoms with van der Waals surface area (Å²) in [6, 6.07) is 0. The van der Waals surface area contributed by atoms with Crippen LogP contribution in [0.15, 0.2) is 4.99 Å². The highest BCUT2D eigenvalue weighted by molar-refractivity contribution is 5.80. The lowest BCUT2D eigenvalue weighted by atomic mass is 9.93. The Morgan fingerprint density at radius 2 is 2.11 bits per heavy atom. The molecule has 1 saturated heterocycles. The standard InChI is InChI=1S/C14H28N4/c1-4-18-7-5-12(6-8-18)9-15-13-16-10-14(2,3)11-17-13/h12H,4-11H2,1-3H3,(H2,15,16,17). The molecule has 0 saturated carbocycles. The Labute approximate surface area is 111 Å². The molecule has 0 aromatic carbocycles. The first kappa shape index (κ1) is 13.7. The van der Waals surface area contributed by atoms with Crippen molar-refractivity contribution in [3.63, 3.8) is 0 Å². The van der Waals surface area contributed by atoms with Crippen molar-refractivity contribution in [3.8, 4) is 0 Å². The van der Waals surface area contributed by atoms with Gasteiger partial charge in [-0.3, -0.25) is 4.99 Å². The van der Waals surface area contributed by atoms with Crippen molar-refractivity contribution in [2.75, 3.05) is 39.3 Å². The minimum atomic E-state index is 0.303. The highest BCUT2D eigenvalue weighted by Crippen LogP contribution is 2.17. The quantitative estimate of drug-likeness (QED) is 0.795. The molecule has 0 amide bonds.